The van der Waals surface area contributed by atoms with Crippen molar-refractivity contribution in [3.63, 3.8) is 0 Å². The second-order valence-electron chi connectivity index (χ2n) is 6.00. The predicted octanol–water partition coefficient (Wildman–Crippen LogP) is 4.25. The number of thiophene rings is 1. The summed E-state index contributed by atoms with van der Waals surface area (Å²) in [5, 5.41) is 5.64. The van der Waals surface area contributed by atoms with Crippen LogP contribution in [0.5, 0.6) is 0 Å². The van der Waals surface area contributed by atoms with Crippen LogP contribution in [0.25, 0.3) is 0 Å². The smallest absolute Gasteiger partial charge is 0.341 e. The zero-order chi connectivity index (χ0) is 20.3. The van der Waals surface area contributed by atoms with Crippen LogP contribution in [0.3, 0.4) is 0 Å². The highest BCUT2D eigenvalue weighted by atomic mass is 32.1. The topological polar surface area (TPSA) is 97.6 Å². The highest BCUT2D eigenvalue weighted by Gasteiger charge is 2.27. The lowest BCUT2D eigenvalue weighted by Gasteiger charge is -2.05. The number of carbonyl (C=O) groups excluding carboxylic acids is 3. The first-order valence-corrected chi connectivity index (χ1v) is 9.17. The Morgan fingerprint density at radius 3 is 2.32 bits per heavy atom. The first-order chi connectivity index (χ1) is 13.4. The van der Waals surface area contributed by atoms with Crippen molar-refractivity contribution in [2.75, 3.05) is 17.7 Å². The molecule has 1 aromatic carbocycles. The molecule has 144 valence electrons. The van der Waals surface area contributed by atoms with Gasteiger partial charge >= 0.3 is 5.97 Å². The van der Waals surface area contributed by atoms with Crippen LogP contribution in [0, 0.1) is 13.8 Å². The van der Waals surface area contributed by atoms with Crippen LogP contribution in [0.2, 0.25) is 0 Å². The summed E-state index contributed by atoms with van der Waals surface area (Å²) in [6.07, 6.45) is 1.37. The summed E-state index contributed by atoms with van der Waals surface area (Å²) in [7, 11) is 1.24. The van der Waals surface area contributed by atoms with Gasteiger partial charge < -0.3 is 19.8 Å². The van der Waals surface area contributed by atoms with Crippen molar-refractivity contribution >= 4 is 39.8 Å². The Bertz CT molecular complexity index is 1020. The monoisotopic (exact) mass is 398 g/mol. The lowest BCUT2D eigenvalue weighted by Crippen LogP contribution is -2.14. The van der Waals surface area contributed by atoms with Gasteiger partial charge in [-0.25, -0.2) is 4.79 Å². The van der Waals surface area contributed by atoms with Gasteiger partial charge in [0.1, 0.15) is 5.00 Å². The summed E-state index contributed by atoms with van der Waals surface area (Å²) in [6.45, 7) is 3.58. The summed E-state index contributed by atoms with van der Waals surface area (Å²) in [5.74, 6) is -1.46. The number of aryl methyl sites for hydroxylation is 1. The van der Waals surface area contributed by atoms with Crippen LogP contribution in [0.15, 0.2) is 47.1 Å². The van der Waals surface area contributed by atoms with E-state index in [1.807, 2.05) is 19.1 Å². The van der Waals surface area contributed by atoms with Gasteiger partial charge in [-0.3, -0.25) is 9.59 Å². The van der Waals surface area contributed by atoms with Gasteiger partial charge in [0.25, 0.3) is 11.8 Å². The SMILES string of the molecule is COC(=O)c1c(NC(=O)c2ccco2)sc(C(=O)Nc2ccc(C)cc2)c1C. The average Bonchev–Trinajstić information content (AvgIpc) is 3.31. The van der Waals surface area contributed by atoms with E-state index in [-0.39, 0.29) is 22.2 Å². The minimum atomic E-state index is -0.641. The van der Waals surface area contributed by atoms with Crippen molar-refractivity contribution in [2.24, 2.45) is 0 Å². The molecule has 7 nitrogen and oxygen atoms in total. The van der Waals surface area contributed by atoms with Gasteiger partial charge in [0.2, 0.25) is 0 Å². The molecule has 0 saturated carbocycles. The molecule has 0 radical (unpaired) electrons. The lowest BCUT2D eigenvalue weighted by atomic mass is 10.1. The van der Waals surface area contributed by atoms with E-state index in [9.17, 15) is 14.4 Å². The fraction of sp³-hybridized carbons (Fsp3) is 0.150. The fourth-order valence-corrected chi connectivity index (χ4v) is 3.65. The molecule has 0 fully saturated rings. The Morgan fingerprint density at radius 2 is 1.71 bits per heavy atom. The molecule has 2 amide bonds. The molecule has 2 heterocycles. The number of nitrogens with one attached hydrogen (secondary N) is 2. The van der Waals surface area contributed by atoms with Gasteiger partial charge in [0.05, 0.1) is 23.8 Å². The van der Waals surface area contributed by atoms with Crippen LogP contribution in [0.1, 0.15) is 41.7 Å². The number of rotatable bonds is 5. The number of amides is 2. The molecular formula is C20H18N2O5S. The van der Waals surface area contributed by atoms with Crippen LogP contribution >= 0.6 is 11.3 Å². The first-order valence-electron chi connectivity index (χ1n) is 8.35. The number of ether oxygens (including phenoxy) is 1. The Hall–Kier alpha value is -3.39. The molecule has 0 aliphatic rings. The van der Waals surface area contributed by atoms with E-state index < -0.39 is 11.9 Å². The fourth-order valence-electron chi connectivity index (χ4n) is 2.56. The number of carbonyl (C=O) groups is 3. The van der Waals surface area contributed by atoms with E-state index in [4.69, 9.17) is 9.15 Å². The van der Waals surface area contributed by atoms with Crippen molar-refractivity contribution in [2.45, 2.75) is 13.8 Å². The van der Waals surface area contributed by atoms with E-state index >= 15 is 0 Å². The molecule has 0 aliphatic carbocycles. The first kappa shape index (κ1) is 19.4. The molecule has 2 aromatic heterocycles. The third-order valence-corrected chi connectivity index (χ3v) is 5.23. The third-order valence-electron chi connectivity index (χ3n) is 4.02. The van der Waals surface area contributed by atoms with E-state index in [1.165, 1.54) is 19.4 Å². The molecule has 3 rings (SSSR count). The molecule has 0 saturated heterocycles. The maximum Gasteiger partial charge on any atom is 0.341 e. The van der Waals surface area contributed by atoms with Crippen LogP contribution in [-0.4, -0.2) is 24.9 Å². The Balaban J connectivity index is 1.92. The second kappa shape index (κ2) is 8.10. The highest BCUT2D eigenvalue weighted by molar-refractivity contribution is 7.19. The van der Waals surface area contributed by atoms with Crippen LogP contribution in [0.4, 0.5) is 10.7 Å². The van der Waals surface area contributed by atoms with Crippen molar-refractivity contribution in [1.29, 1.82) is 0 Å². The van der Waals surface area contributed by atoms with Gasteiger partial charge in [-0.2, -0.15) is 0 Å². The summed E-state index contributed by atoms with van der Waals surface area (Å²) in [4.78, 5) is 37.6. The third kappa shape index (κ3) is 3.96. The molecule has 3 aromatic rings. The standard InChI is InChI=1S/C20H18N2O5S/c1-11-6-8-13(9-7-11)21-18(24)16-12(2)15(20(25)26-3)19(28-16)22-17(23)14-5-4-10-27-14/h4-10H,1-3H3,(H,21,24)(H,22,23). The molecule has 0 bridgehead atoms. The zero-order valence-electron chi connectivity index (χ0n) is 15.5. The van der Waals surface area contributed by atoms with Gasteiger partial charge in [-0.15, -0.1) is 11.3 Å². The number of esters is 1. The zero-order valence-corrected chi connectivity index (χ0v) is 16.3. The summed E-state index contributed by atoms with van der Waals surface area (Å²) in [5.41, 5.74) is 2.27. The maximum atomic E-state index is 12.7. The highest BCUT2D eigenvalue weighted by Crippen LogP contribution is 2.34. The van der Waals surface area contributed by atoms with E-state index in [2.05, 4.69) is 10.6 Å². The molecule has 0 spiro atoms. The Labute approximate surface area is 165 Å². The lowest BCUT2D eigenvalue weighted by molar-refractivity contribution is 0.0601. The molecule has 8 heteroatoms. The molecule has 28 heavy (non-hydrogen) atoms. The number of hydrogen-bond acceptors (Lipinski definition) is 6. The van der Waals surface area contributed by atoms with Crippen LogP contribution < -0.4 is 10.6 Å². The summed E-state index contributed by atoms with van der Waals surface area (Å²) >= 11 is 0.999. The Morgan fingerprint density at radius 1 is 1.00 bits per heavy atom. The van der Waals surface area contributed by atoms with E-state index in [0.29, 0.717) is 16.1 Å². The van der Waals surface area contributed by atoms with E-state index in [1.54, 1.807) is 25.1 Å². The molecule has 0 aliphatic heterocycles. The second-order valence-corrected chi connectivity index (χ2v) is 7.02. The van der Waals surface area contributed by atoms with Crippen molar-refractivity contribution in [3.8, 4) is 0 Å². The largest absolute Gasteiger partial charge is 0.465 e. The van der Waals surface area contributed by atoms with Crippen LogP contribution in [-0.2, 0) is 4.74 Å². The van der Waals surface area contributed by atoms with Gasteiger partial charge in [-0.05, 0) is 43.7 Å². The number of methoxy groups -OCH3 is 1. The van der Waals surface area contributed by atoms with Crippen molar-refractivity contribution in [3.05, 3.63) is 70.0 Å². The Kier molecular flexibility index (Phi) is 5.60. The minimum absolute atomic E-state index is 0.0903. The molecule has 0 unspecified atom stereocenters. The van der Waals surface area contributed by atoms with E-state index in [0.717, 1.165) is 16.9 Å². The average molecular weight is 398 g/mol. The number of benzene rings is 1. The maximum absolute atomic E-state index is 12.7. The molecule has 0 atom stereocenters. The number of furan rings is 1. The van der Waals surface area contributed by atoms with Gasteiger partial charge in [-0.1, -0.05) is 17.7 Å². The summed E-state index contributed by atoms with van der Waals surface area (Å²) in [6, 6.07) is 10.4. The van der Waals surface area contributed by atoms with Crippen molar-refractivity contribution < 1.29 is 23.5 Å². The van der Waals surface area contributed by atoms with Crippen molar-refractivity contribution in [1.82, 2.24) is 0 Å². The van der Waals surface area contributed by atoms with Gasteiger partial charge in [0.15, 0.2) is 5.76 Å². The summed E-state index contributed by atoms with van der Waals surface area (Å²) < 4.78 is 9.88. The number of anilines is 2. The molecular weight excluding hydrogens is 380 g/mol. The van der Waals surface area contributed by atoms with Gasteiger partial charge in [0, 0.05) is 5.69 Å². The normalized spacial score (nSPS) is 10.4. The number of hydrogen-bond donors (Lipinski definition) is 2. The molecule has 2 N–H and O–H groups in total. The predicted molar refractivity (Wildman–Crippen MR) is 106 cm³/mol. The minimum Gasteiger partial charge on any atom is -0.465 e. The quantitative estimate of drug-likeness (QED) is 0.626.